The van der Waals surface area contributed by atoms with Gasteiger partial charge in [0.2, 0.25) is 0 Å². The van der Waals surface area contributed by atoms with Crippen LogP contribution in [0.2, 0.25) is 0 Å². The third-order valence-electron chi connectivity index (χ3n) is 2.25. The van der Waals surface area contributed by atoms with Crippen molar-refractivity contribution < 1.29 is 4.84 Å². The fourth-order valence-electron chi connectivity index (χ4n) is 1.55. The van der Waals surface area contributed by atoms with Crippen molar-refractivity contribution in [1.82, 2.24) is 0 Å². The van der Waals surface area contributed by atoms with Crippen LogP contribution in [0.1, 0.15) is 36.5 Å². The van der Waals surface area contributed by atoms with Gasteiger partial charge in [-0.25, -0.2) is 0 Å². The Balaban J connectivity index is 3.39. The minimum atomic E-state index is 0.396. The summed E-state index contributed by atoms with van der Waals surface area (Å²) >= 11 is 0. The molecule has 0 aliphatic heterocycles. The molecule has 1 aromatic carbocycles. The van der Waals surface area contributed by atoms with Crippen LogP contribution in [0.4, 0.5) is 0 Å². The highest BCUT2D eigenvalue weighted by Gasteiger charge is 2.11. The first-order chi connectivity index (χ1) is 6.60. The van der Waals surface area contributed by atoms with Gasteiger partial charge in [0.15, 0.2) is 5.75 Å². The monoisotopic (exact) mass is 191 g/mol. The lowest BCUT2D eigenvalue weighted by molar-refractivity contribution is 0.328. The van der Waals surface area contributed by atoms with Gasteiger partial charge in [-0.1, -0.05) is 32.6 Å². The van der Waals surface area contributed by atoms with Gasteiger partial charge in [-0.3, -0.25) is 0 Å². The molecular formula is C12H17NO. The van der Waals surface area contributed by atoms with Crippen molar-refractivity contribution in [3.05, 3.63) is 35.4 Å². The van der Waals surface area contributed by atoms with E-state index in [1.807, 2.05) is 6.07 Å². The van der Waals surface area contributed by atoms with Crippen LogP contribution in [0.5, 0.6) is 5.75 Å². The van der Waals surface area contributed by atoms with Crippen LogP contribution in [-0.4, -0.2) is 0 Å². The number of aryl methyl sites for hydroxylation is 1. The summed E-state index contributed by atoms with van der Waals surface area (Å²) in [5.74, 6) is 6.40. The quantitative estimate of drug-likeness (QED) is 0.745. The van der Waals surface area contributed by atoms with E-state index in [1.54, 1.807) is 6.08 Å². The molecule has 0 amide bonds. The zero-order valence-corrected chi connectivity index (χ0v) is 9.00. The zero-order chi connectivity index (χ0) is 10.7. The van der Waals surface area contributed by atoms with Gasteiger partial charge in [0.1, 0.15) is 0 Å². The summed E-state index contributed by atoms with van der Waals surface area (Å²) in [6.07, 6.45) is 1.76. The Hall–Kier alpha value is -1.28. The normalized spacial score (nSPS) is 10.4. The van der Waals surface area contributed by atoms with Crippen molar-refractivity contribution >= 4 is 6.08 Å². The van der Waals surface area contributed by atoms with Gasteiger partial charge in [0, 0.05) is 11.1 Å². The number of hydrogen-bond acceptors (Lipinski definition) is 2. The van der Waals surface area contributed by atoms with Gasteiger partial charge >= 0.3 is 0 Å². The standard InChI is InChI=1S/C12H17NO/c1-5-10-6-9(4)7-11(8(2)3)12(10)14-13/h5-8H,1,13H2,2-4H3. The van der Waals surface area contributed by atoms with E-state index in [9.17, 15) is 0 Å². The molecule has 0 unspecified atom stereocenters. The van der Waals surface area contributed by atoms with E-state index in [1.165, 1.54) is 5.56 Å². The van der Waals surface area contributed by atoms with Crippen LogP contribution in [0.25, 0.3) is 6.08 Å². The molecule has 14 heavy (non-hydrogen) atoms. The van der Waals surface area contributed by atoms with Crippen LogP contribution in [0.3, 0.4) is 0 Å². The van der Waals surface area contributed by atoms with E-state index in [-0.39, 0.29) is 0 Å². The summed E-state index contributed by atoms with van der Waals surface area (Å²) in [5.41, 5.74) is 3.28. The summed E-state index contributed by atoms with van der Waals surface area (Å²) in [5, 5.41) is 0. The molecule has 2 nitrogen and oxygen atoms in total. The number of nitrogens with two attached hydrogens (primary N) is 1. The molecule has 0 bridgehead atoms. The fourth-order valence-corrected chi connectivity index (χ4v) is 1.55. The van der Waals surface area contributed by atoms with Crippen molar-refractivity contribution in [2.24, 2.45) is 5.90 Å². The van der Waals surface area contributed by atoms with Gasteiger partial charge < -0.3 is 4.84 Å². The summed E-state index contributed by atoms with van der Waals surface area (Å²) in [7, 11) is 0. The van der Waals surface area contributed by atoms with Gasteiger partial charge in [-0.2, -0.15) is 5.90 Å². The van der Waals surface area contributed by atoms with Crippen LogP contribution in [0.15, 0.2) is 18.7 Å². The Kier molecular flexibility index (Phi) is 3.31. The Morgan fingerprint density at radius 2 is 2.07 bits per heavy atom. The SMILES string of the molecule is C=Cc1cc(C)cc(C(C)C)c1ON. The van der Waals surface area contributed by atoms with Crippen LogP contribution >= 0.6 is 0 Å². The Bertz CT molecular complexity index is 342. The highest BCUT2D eigenvalue weighted by Crippen LogP contribution is 2.31. The second-order valence-electron chi connectivity index (χ2n) is 3.75. The smallest absolute Gasteiger partial charge is 0.157 e. The molecule has 0 aliphatic carbocycles. The van der Waals surface area contributed by atoms with Gasteiger partial charge in [-0.05, 0) is 24.5 Å². The molecule has 76 valence electrons. The highest BCUT2D eigenvalue weighted by atomic mass is 16.6. The van der Waals surface area contributed by atoms with E-state index < -0.39 is 0 Å². The molecular weight excluding hydrogens is 174 g/mol. The minimum Gasteiger partial charge on any atom is -0.411 e. The topological polar surface area (TPSA) is 35.2 Å². The van der Waals surface area contributed by atoms with Crippen LogP contribution in [-0.2, 0) is 0 Å². The fraction of sp³-hybridized carbons (Fsp3) is 0.333. The number of rotatable bonds is 3. The Morgan fingerprint density at radius 3 is 2.50 bits per heavy atom. The van der Waals surface area contributed by atoms with Crippen molar-refractivity contribution in [3.8, 4) is 5.75 Å². The predicted octanol–water partition coefficient (Wildman–Crippen LogP) is 3.01. The van der Waals surface area contributed by atoms with Crippen molar-refractivity contribution in [1.29, 1.82) is 0 Å². The summed E-state index contributed by atoms with van der Waals surface area (Å²) < 4.78 is 0. The molecule has 0 atom stereocenters. The van der Waals surface area contributed by atoms with E-state index in [0.29, 0.717) is 5.92 Å². The Morgan fingerprint density at radius 1 is 1.43 bits per heavy atom. The Labute approximate surface area is 85.3 Å². The van der Waals surface area contributed by atoms with E-state index in [0.717, 1.165) is 16.9 Å². The largest absolute Gasteiger partial charge is 0.411 e. The first kappa shape index (κ1) is 10.8. The molecule has 1 rings (SSSR count). The molecule has 0 aliphatic rings. The van der Waals surface area contributed by atoms with E-state index in [4.69, 9.17) is 10.7 Å². The third kappa shape index (κ3) is 1.96. The first-order valence-electron chi connectivity index (χ1n) is 4.73. The molecule has 2 N–H and O–H groups in total. The highest BCUT2D eigenvalue weighted by molar-refractivity contribution is 5.60. The summed E-state index contributed by atoms with van der Waals surface area (Å²) in [4.78, 5) is 4.91. The molecule has 0 radical (unpaired) electrons. The number of benzene rings is 1. The van der Waals surface area contributed by atoms with Gasteiger partial charge in [0.25, 0.3) is 0 Å². The van der Waals surface area contributed by atoms with Gasteiger partial charge in [-0.15, -0.1) is 0 Å². The molecule has 0 fully saturated rings. The molecule has 1 aromatic rings. The lowest BCUT2D eigenvalue weighted by Crippen LogP contribution is -2.07. The van der Waals surface area contributed by atoms with Crippen molar-refractivity contribution in [2.45, 2.75) is 26.7 Å². The van der Waals surface area contributed by atoms with Crippen molar-refractivity contribution in [3.63, 3.8) is 0 Å². The molecule has 0 saturated carbocycles. The second-order valence-corrected chi connectivity index (χ2v) is 3.75. The lowest BCUT2D eigenvalue weighted by Gasteiger charge is -2.14. The molecule has 0 saturated heterocycles. The lowest BCUT2D eigenvalue weighted by atomic mass is 9.96. The molecule has 2 heteroatoms. The minimum absolute atomic E-state index is 0.396. The third-order valence-corrected chi connectivity index (χ3v) is 2.25. The average molecular weight is 191 g/mol. The van der Waals surface area contributed by atoms with Crippen LogP contribution in [0, 0.1) is 6.92 Å². The maximum atomic E-state index is 5.27. The number of hydrogen-bond donors (Lipinski definition) is 1. The second kappa shape index (κ2) is 4.29. The van der Waals surface area contributed by atoms with E-state index >= 15 is 0 Å². The molecule has 0 heterocycles. The average Bonchev–Trinajstić information content (AvgIpc) is 2.16. The van der Waals surface area contributed by atoms with Crippen LogP contribution < -0.4 is 10.7 Å². The summed E-state index contributed by atoms with van der Waals surface area (Å²) in [6, 6.07) is 4.11. The molecule has 0 spiro atoms. The molecule has 0 aromatic heterocycles. The maximum absolute atomic E-state index is 5.27. The van der Waals surface area contributed by atoms with Crippen molar-refractivity contribution in [2.75, 3.05) is 0 Å². The zero-order valence-electron chi connectivity index (χ0n) is 9.00. The predicted molar refractivity (Wildman–Crippen MR) is 60.2 cm³/mol. The maximum Gasteiger partial charge on any atom is 0.157 e. The summed E-state index contributed by atoms with van der Waals surface area (Å²) in [6.45, 7) is 10.0. The first-order valence-corrected chi connectivity index (χ1v) is 4.73. The van der Waals surface area contributed by atoms with E-state index in [2.05, 4.69) is 33.4 Å². The van der Waals surface area contributed by atoms with Gasteiger partial charge in [0.05, 0.1) is 0 Å².